The van der Waals surface area contributed by atoms with Crippen LogP contribution in [0.2, 0.25) is 0 Å². The van der Waals surface area contributed by atoms with Crippen molar-refractivity contribution in [1.29, 1.82) is 0 Å². The molecule has 1 fully saturated rings. The summed E-state index contributed by atoms with van der Waals surface area (Å²) >= 11 is 0. The molecule has 1 rings (SSSR count). The monoisotopic (exact) mass is 277 g/mol. The van der Waals surface area contributed by atoms with E-state index < -0.39 is 10.2 Å². The molecular formula is C12H27N3O2S. The molecule has 1 aliphatic heterocycles. The average molecular weight is 277 g/mol. The van der Waals surface area contributed by atoms with E-state index in [1.807, 2.05) is 0 Å². The maximum Gasteiger partial charge on any atom is 0.281 e. The highest BCUT2D eigenvalue weighted by atomic mass is 32.2. The predicted molar refractivity (Wildman–Crippen MR) is 74.4 cm³/mol. The first-order chi connectivity index (χ1) is 8.43. The number of piperidine rings is 1. The molecule has 0 aromatic rings. The second-order valence-corrected chi connectivity index (χ2v) is 7.34. The van der Waals surface area contributed by atoms with Gasteiger partial charge in [-0.05, 0) is 31.2 Å². The number of hydrogen-bond donors (Lipinski definition) is 1. The van der Waals surface area contributed by atoms with Crippen molar-refractivity contribution in [1.82, 2.24) is 8.61 Å². The molecule has 6 heteroatoms. The number of nitrogens with two attached hydrogens (primary N) is 1. The number of hydrogen-bond acceptors (Lipinski definition) is 3. The van der Waals surface area contributed by atoms with E-state index >= 15 is 0 Å². The first-order valence-electron chi connectivity index (χ1n) is 6.85. The summed E-state index contributed by atoms with van der Waals surface area (Å²) in [5, 5.41) is 0. The molecule has 0 radical (unpaired) electrons. The quantitative estimate of drug-likeness (QED) is 0.784. The van der Waals surface area contributed by atoms with E-state index in [2.05, 4.69) is 13.8 Å². The van der Waals surface area contributed by atoms with Crippen LogP contribution in [0.5, 0.6) is 0 Å². The Bertz CT molecular complexity index is 345. The highest BCUT2D eigenvalue weighted by molar-refractivity contribution is 7.86. The molecule has 18 heavy (non-hydrogen) atoms. The van der Waals surface area contributed by atoms with E-state index in [0.29, 0.717) is 32.1 Å². The SMILES string of the molecule is CCCCN(C)S(=O)(=O)N1CCC(C)C(CN)C1. The number of rotatable bonds is 6. The lowest BCUT2D eigenvalue weighted by Gasteiger charge is -2.37. The first-order valence-corrected chi connectivity index (χ1v) is 8.24. The summed E-state index contributed by atoms with van der Waals surface area (Å²) in [7, 11) is -1.62. The van der Waals surface area contributed by atoms with Gasteiger partial charge in [-0.2, -0.15) is 17.0 Å². The molecule has 1 saturated heterocycles. The van der Waals surface area contributed by atoms with Gasteiger partial charge in [0.2, 0.25) is 0 Å². The van der Waals surface area contributed by atoms with Crippen LogP contribution in [-0.2, 0) is 10.2 Å². The van der Waals surface area contributed by atoms with Gasteiger partial charge >= 0.3 is 0 Å². The third kappa shape index (κ3) is 3.66. The number of nitrogens with zero attached hydrogens (tertiary/aromatic N) is 2. The molecule has 1 aliphatic rings. The van der Waals surface area contributed by atoms with Crippen LogP contribution in [0, 0.1) is 11.8 Å². The van der Waals surface area contributed by atoms with Gasteiger partial charge in [0.05, 0.1) is 0 Å². The molecule has 0 aliphatic carbocycles. The van der Waals surface area contributed by atoms with Crippen LogP contribution in [0.1, 0.15) is 33.1 Å². The highest BCUT2D eigenvalue weighted by Crippen LogP contribution is 2.25. The van der Waals surface area contributed by atoms with E-state index in [9.17, 15) is 8.42 Å². The summed E-state index contributed by atoms with van der Waals surface area (Å²) in [4.78, 5) is 0. The molecule has 2 atom stereocenters. The summed E-state index contributed by atoms with van der Waals surface area (Å²) in [6, 6.07) is 0. The Morgan fingerprint density at radius 1 is 1.44 bits per heavy atom. The Balaban J connectivity index is 2.67. The first kappa shape index (κ1) is 15.9. The molecule has 0 aromatic carbocycles. The Hall–Kier alpha value is -0.170. The molecule has 2 unspecified atom stereocenters. The van der Waals surface area contributed by atoms with Crippen LogP contribution in [0.15, 0.2) is 0 Å². The average Bonchev–Trinajstić information content (AvgIpc) is 2.36. The maximum atomic E-state index is 12.4. The zero-order chi connectivity index (χ0) is 13.8. The van der Waals surface area contributed by atoms with Crippen molar-refractivity contribution in [3.8, 4) is 0 Å². The summed E-state index contributed by atoms with van der Waals surface area (Å²) in [5.41, 5.74) is 5.72. The van der Waals surface area contributed by atoms with Gasteiger partial charge in [0.15, 0.2) is 0 Å². The Labute approximate surface area is 112 Å². The second-order valence-electron chi connectivity index (χ2n) is 5.30. The van der Waals surface area contributed by atoms with Gasteiger partial charge in [0, 0.05) is 26.7 Å². The molecule has 0 amide bonds. The lowest BCUT2D eigenvalue weighted by atomic mass is 9.88. The Kier molecular flexibility index (Phi) is 6.04. The van der Waals surface area contributed by atoms with Crippen molar-refractivity contribution in [2.24, 2.45) is 17.6 Å². The fourth-order valence-electron chi connectivity index (χ4n) is 2.33. The van der Waals surface area contributed by atoms with Crippen LogP contribution in [0.3, 0.4) is 0 Å². The highest BCUT2D eigenvalue weighted by Gasteiger charge is 2.34. The van der Waals surface area contributed by atoms with Crippen LogP contribution < -0.4 is 5.73 Å². The molecule has 0 saturated carbocycles. The van der Waals surface area contributed by atoms with Gasteiger partial charge in [-0.1, -0.05) is 20.3 Å². The molecule has 5 nitrogen and oxygen atoms in total. The van der Waals surface area contributed by atoms with Gasteiger partial charge in [0.1, 0.15) is 0 Å². The van der Waals surface area contributed by atoms with Gasteiger partial charge in [-0.25, -0.2) is 0 Å². The predicted octanol–water partition coefficient (Wildman–Crippen LogP) is 0.880. The van der Waals surface area contributed by atoms with Crippen LogP contribution in [0.4, 0.5) is 0 Å². The third-order valence-electron chi connectivity index (χ3n) is 3.93. The molecule has 2 N–H and O–H groups in total. The van der Waals surface area contributed by atoms with E-state index in [-0.39, 0.29) is 5.92 Å². The van der Waals surface area contributed by atoms with Crippen molar-refractivity contribution in [2.45, 2.75) is 33.1 Å². The number of unbranched alkanes of at least 4 members (excludes halogenated alkanes) is 1. The molecule has 0 aromatic heterocycles. The fraction of sp³-hybridized carbons (Fsp3) is 1.00. The van der Waals surface area contributed by atoms with Crippen molar-refractivity contribution in [2.75, 3.05) is 33.2 Å². The summed E-state index contributed by atoms with van der Waals surface area (Å²) in [6.45, 7) is 6.56. The van der Waals surface area contributed by atoms with Crippen LogP contribution in [0.25, 0.3) is 0 Å². The molecular weight excluding hydrogens is 250 g/mol. The maximum absolute atomic E-state index is 12.4. The minimum Gasteiger partial charge on any atom is -0.330 e. The van der Waals surface area contributed by atoms with Gasteiger partial charge < -0.3 is 5.73 Å². The molecule has 1 heterocycles. The van der Waals surface area contributed by atoms with Crippen molar-refractivity contribution >= 4 is 10.2 Å². The van der Waals surface area contributed by atoms with E-state index in [4.69, 9.17) is 5.73 Å². The van der Waals surface area contributed by atoms with Gasteiger partial charge in [0.25, 0.3) is 10.2 Å². The van der Waals surface area contributed by atoms with Crippen molar-refractivity contribution in [3.05, 3.63) is 0 Å². The minimum atomic E-state index is -3.29. The molecule has 108 valence electrons. The third-order valence-corrected chi connectivity index (χ3v) is 5.88. The molecule has 0 bridgehead atoms. The van der Waals surface area contributed by atoms with Gasteiger partial charge in [-0.3, -0.25) is 0 Å². The van der Waals surface area contributed by atoms with E-state index in [1.165, 1.54) is 4.31 Å². The fourth-order valence-corrected chi connectivity index (χ4v) is 3.80. The van der Waals surface area contributed by atoms with E-state index in [1.54, 1.807) is 11.4 Å². The Morgan fingerprint density at radius 3 is 2.67 bits per heavy atom. The van der Waals surface area contributed by atoms with Crippen molar-refractivity contribution < 1.29 is 8.42 Å². The zero-order valence-electron chi connectivity index (χ0n) is 11.8. The lowest BCUT2D eigenvalue weighted by molar-refractivity contribution is 0.195. The zero-order valence-corrected chi connectivity index (χ0v) is 12.6. The van der Waals surface area contributed by atoms with E-state index in [0.717, 1.165) is 19.3 Å². The van der Waals surface area contributed by atoms with Crippen LogP contribution in [-0.4, -0.2) is 50.3 Å². The molecule has 0 spiro atoms. The van der Waals surface area contributed by atoms with Crippen LogP contribution >= 0.6 is 0 Å². The largest absolute Gasteiger partial charge is 0.330 e. The summed E-state index contributed by atoms with van der Waals surface area (Å²) in [6.07, 6.45) is 2.81. The minimum absolute atomic E-state index is 0.285. The standard InChI is InChI=1S/C12H27N3O2S/c1-4-5-7-14(3)18(16,17)15-8-6-11(2)12(9-13)10-15/h11-12H,4-10,13H2,1-3H3. The second kappa shape index (κ2) is 6.84. The Morgan fingerprint density at radius 2 is 2.11 bits per heavy atom. The summed E-state index contributed by atoms with van der Waals surface area (Å²) < 4.78 is 27.8. The summed E-state index contributed by atoms with van der Waals surface area (Å²) in [5.74, 6) is 0.801. The smallest absolute Gasteiger partial charge is 0.281 e. The topological polar surface area (TPSA) is 66.6 Å². The lowest BCUT2D eigenvalue weighted by Crippen LogP contribution is -2.50. The normalized spacial score (nSPS) is 26.7. The van der Waals surface area contributed by atoms with Gasteiger partial charge in [-0.15, -0.1) is 0 Å². The van der Waals surface area contributed by atoms with Crippen molar-refractivity contribution in [3.63, 3.8) is 0 Å².